The molecule has 1 aliphatic rings. The zero-order chi connectivity index (χ0) is 8.48. The van der Waals surface area contributed by atoms with Gasteiger partial charge in [-0.05, 0) is 6.92 Å². The predicted molar refractivity (Wildman–Crippen MR) is 51.1 cm³/mol. The fraction of sp³-hybridized carbons (Fsp3) is 1.00. The van der Waals surface area contributed by atoms with Crippen LogP contribution in [-0.4, -0.2) is 44.7 Å². The first-order chi connectivity index (χ1) is 5.02. The Labute approximate surface area is 79.8 Å². The smallest absolute Gasteiger partial charge is 0.215 e. The number of likely N-dealkylation sites (N-methyl/N-ethyl adjacent to an activating group) is 1. The van der Waals surface area contributed by atoms with Crippen molar-refractivity contribution in [2.45, 2.75) is 13.0 Å². The molecule has 6 heteroatoms. The minimum absolute atomic E-state index is 0. The van der Waals surface area contributed by atoms with Crippen LogP contribution in [0.3, 0.4) is 0 Å². The highest BCUT2D eigenvalue weighted by Crippen LogP contribution is 2.02. The van der Waals surface area contributed by atoms with Crippen LogP contribution in [0.4, 0.5) is 0 Å². The molecule has 1 N–H and O–H groups in total. The molecule has 1 fully saturated rings. The lowest BCUT2D eigenvalue weighted by atomic mass is 10.3. The van der Waals surface area contributed by atoms with E-state index in [1.54, 1.807) is 7.05 Å². The molecule has 0 bridgehead atoms. The number of nitrogens with zero attached hydrogens (tertiary/aromatic N) is 1. The average molecular weight is 215 g/mol. The van der Waals surface area contributed by atoms with E-state index in [1.165, 1.54) is 4.31 Å². The van der Waals surface area contributed by atoms with E-state index in [4.69, 9.17) is 0 Å². The summed E-state index contributed by atoms with van der Waals surface area (Å²) >= 11 is 0. The van der Waals surface area contributed by atoms with E-state index in [1.807, 2.05) is 6.92 Å². The second-order valence-electron chi connectivity index (χ2n) is 2.95. The van der Waals surface area contributed by atoms with Crippen LogP contribution in [0.2, 0.25) is 0 Å². The molecule has 12 heavy (non-hydrogen) atoms. The van der Waals surface area contributed by atoms with Gasteiger partial charge in [0.05, 0.1) is 5.75 Å². The van der Waals surface area contributed by atoms with E-state index in [0.717, 1.165) is 0 Å². The highest BCUT2D eigenvalue weighted by molar-refractivity contribution is 7.89. The largest absolute Gasteiger partial charge is 0.312 e. The van der Waals surface area contributed by atoms with Crippen LogP contribution in [-0.2, 0) is 10.0 Å². The highest BCUT2D eigenvalue weighted by Gasteiger charge is 2.22. The third kappa shape index (κ3) is 2.90. The summed E-state index contributed by atoms with van der Waals surface area (Å²) in [5.41, 5.74) is 0. The number of hydrogen-bond acceptors (Lipinski definition) is 3. The number of halogens is 1. The van der Waals surface area contributed by atoms with Gasteiger partial charge in [0, 0.05) is 26.2 Å². The van der Waals surface area contributed by atoms with Crippen LogP contribution < -0.4 is 5.32 Å². The average Bonchev–Trinajstić information content (AvgIpc) is 1.94. The van der Waals surface area contributed by atoms with Gasteiger partial charge in [-0.3, -0.25) is 0 Å². The van der Waals surface area contributed by atoms with Gasteiger partial charge in [0.25, 0.3) is 0 Å². The topological polar surface area (TPSA) is 49.4 Å². The maximum Gasteiger partial charge on any atom is 0.215 e. The molecule has 4 nitrogen and oxygen atoms in total. The molecule has 1 heterocycles. The van der Waals surface area contributed by atoms with Crippen molar-refractivity contribution in [3.63, 3.8) is 0 Å². The Balaban J connectivity index is 0.00000121. The molecular formula is C6H15ClN2O2S. The monoisotopic (exact) mass is 214 g/mol. The Morgan fingerprint density at radius 3 is 2.67 bits per heavy atom. The van der Waals surface area contributed by atoms with Crippen LogP contribution >= 0.6 is 12.4 Å². The lowest BCUT2D eigenvalue weighted by Gasteiger charge is -2.15. The molecule has 0 amide bonds. The summed E-state index contributed by atoms with van der Waals surface area (Å²) in [7, 11) is -1.34. The lowest BCUT2D eigenvalue weighted by molar-refractivity contribution is 0.433. The van der Waals surface area contributed by atoms with E-state index in [0.29, 0.717) is 13.1 Å². The normalized spacial score (nSPS) is 30.3. The van der Waals surface area contributed by atoms with Gasteiger partial charge in [-0.1, -0.05) is 0 Å². The Kier molecular flexibility index (Phi) is 4.47. The summed E-state index contributed by atoms with van der Waals surface area (Å²) in [6, 6.07) is 0.261. The van der Waals surface area contributed by atoms with Gasteiger partial charge in [0.2, 0.25) is 10.0 Å². The molecule has 1 rings (SSSR count). The maximum absolute atomic E-state index is 11.2. The first-order valence-electron chi connectivity index (χ1n) is 3.70. The van der Waals surface area contributed by atoms with Gasteiger partial charge in [-0.2, -0.15) is 0 Å². The highest BCUT2D eigenvalue weighted by atomic mass is 35.5. The summed E-state index contributed by atoms with van der Waals surface area (Å²) in [4.78, 5) is 0. The molecule has 0 aromatic heterocycles. The van der Waals surface area contributed by atoms with Crippen LogP contribution in [0.25, 0.3) is 0 Å². The number of rotatable bonds is 0. The second kappa shape index (κ2) is 4.41. The van der Waals surface area contributed by atoms with E-state index in [2.05, 4.69) is 5.32 Å². The summed E-state index contributed by atoms with van der Waals surface area (Å²) in [6.45, 7) is 3.12. The lowest BCUT2D eigenvalue weighted by Crippen LogP contribution is -2.34. The Bertz CT molecular complexity index is 230. The van der Waals surface area contributed by atoms with Crippen molar-refractivity contribution in [2.24, 2.45) is 0 Å². The van der Waals surface area contributed by atoms with Crippen molar-refractivity contribution in [3.8, 4) is 0 Å². The van der Waals surface area contributed by atoms with Gasteiger partial charge in [0.1, 0.15) is 0 Å². The predicted octanol–water partition coefficient (Wildman–Crippen LogP) is -0.338. The van der Waals surface area contributed by atoms with Crippen LogP contribution in [0.15, 0.2) is 0 Å². The Morgan fingerprint density at radius 2 is 2.08 bits per heavy atom. The maximum atomic E-state index is 11.2. The minimum atomic E-state index is -2.96. The number of nitrogens with one attached hydrogen (secondary N) is 1. The second-order valence-corrected chi connectivity index (χ2v) is 5.15. The van der Waals surface area contributed by atoms with Crippen molar-refractivity contribution in [1.82, 2.24) is 9.62 Å². The molecule has 0 saturated carbocycles. The van der Waals surface area contributed by atoms with Crippen LogP contribution in [0.5, 0.6) is 0 Å². The summed E-state index contributed by atoms with van der Waals surface area (Å²) < 4.78 is 23.9. The minimum Gasteiger partial charge on any atom is -0.312 e. The van der Waals surface area contributed by atoms with E-state index >= 15 is 0 Å². The third-order valence-electron chi connectivity index (χ3n) is 1.86. The van der Waals surface area contributed by atoms with Crippen LogP contribution in [0.1, 0.15) is 6.92 Å². The van der Waals surface area contributed by atoms with Gasteiger partial charge in [-0.25, -0.2) is 12.7 Å². The van der Waals surface area contributed by atoms with E-state index in [-0.39, 0.29) is 24.2 Å². The van der Waals surface area contributed by atoms with Gasteiger partial charge < -0.3 is 5.32 Å². The Morgan fingerprint density at radius 1 is 1.50 bits per heavy atom. The third-order valence-corrected chi connectivity index (χ3v) is 3.68. The quantitative estimate of drug-likeness (QED) is 0.601. The molecule has 0 aromatic carbocycles. The molecule has 0 radical (unpaired) electrons. The molecular weight excluding hydrogens is 200 g/mol. The molecule has 1 atom stereocenters. The van der Waals surface area contributed by atoms with Crippen molar-refractivity contribution in [1.29, 1.82) is 0 Å². The van der Waals surface area contributed by atoms with Crippen molar-refractivity contribution < 1.29 is 8.42 Å². The first kappa shape index (κ1) is 12.2. The zero-order valence-corrected chi connectivity index (χ0v) is 8.91. The molecule has 0 spiro atoms. The molecule has 1 saturated heterocycles. The van der Waals surface area contributed by atoms with Gasteiger partial charge in [0.15, 0.2) is 0 Å². The van der Waals surface area contributed by atoms with Crippen LogP contribution in [0, 0.1) is 0 Å². The zero-order valence-electron chi connectivity index (χ0n) is 7.28. The van der Waals surface area contributed by atoms with Crippen molar-refractivity contribution >= 4 is 22.4 Å². The van der Waals surface area contributed by atoms with Gasteiger partial charge in [-0.15, -0.1) is 12.4 Å². The summed E-state index contributed by atoms with van der Waals surface area (Å²) in [6.07, 6.45) is 0. The fourth-order valence-electron chi connectivity index (χ4n) is 1.15. The van der Waals surface area contributed by atoms with E-state index < -0.39 is 10.0 Å². The fourth-order valence-corrected chi connectivity index (χ4v) is 2.29. The number of sulfonamides is 1. The van der Waals surface area contributed by atoms with E-state index in [9.17, 15) is 8.42 Å². The standard InChI is InChI=1S/C6H14N2O2S.ClH/c1-6-5-8(2)11(9,10)4-3-7-6;/h6-7H,3-5H2,1-2H3;1H. The Hall–Kier alpha value is 0.160. The molecule has 74 valence electrons. The SMILES string of the molecule is CC1CN(C)S(=O)(=O)CCN1.Cl. The number of hydrogen-bond donors (Lipinski definition) is 1. The van der Waals surface area contributed by atoms with Crippen molar-refractivity contribution in [3.05, 3.63) is 0 Å². The summed E-state index contributed by atoms with van der Waals surface area (Å²) in [5.74, 6) is 0.216. The molecule has 1 aliphatic heterocycles. The molecule has 0 aromatic rings. The van der Waals surface area contributed by atoms with Gasteiger partial charge >= 0.3 is 0 Å². The molecule has 1 unspecified atom stereocenters. The summed E-state index contributed by atoms with van der Waals surface area (Å²) in [5, 5.41) is 3.11. The van der Waals surface area contributed by atoms with Crippen molar-refractivity contribution in [2.75, 3.05) is 25.9 Å². The first-order valence-corrected chi connectivity index (χ1v) is 5.31. The molecule has 0 aliphatic carbocycles.